The number of likely N-dealkylation sites (tertiary alicyclic amines) is 1. The van der Waals surface area contributed by atoms with E-state index in [4.69, 9.17) is 9.47 Å². The van der Waals surface area contributed by atoms with Crippen LogP contribution in [0.15, 0.2) is 24.3 Å². The van der Waals surface area contributed by atoms with Gasteiger partial charge < -0.3 is 24.4 Å². The Morgan fingerprint density at radius 2 is 1.86 bits per heavy atom. The maximum Gasteiger partial charge on any atom is 0.311 e. The zero-order valence-corrected chi connectivity index (χ0v) is 20.9. The van der Waals surface area contributed by atoms with E-state index in [2.05, 4.69) is 11.0 Å². The third-order valence-electron chi connectivity index (χ3n) is 7.82. The van der Waals surface area contributed by atoms with E-state index in [9.17, 15) is 19.5 Å². The van der Waals surface area contributed by atoms with Crippen LogP contribution in [0, 0.1) is 11.8 Å². The molecule has 192 valence electrons. The summed E-state index contributed by atoms with van der Waals surface area (Å²) in [6.45, 7) is 5.03. The van der Waals surface area contributed by atoms with Crippen LogP contribution >= 0.6 is 11.8 Å². The quantitative estimate of drug-likeness (QED) is 0.421. The van der Waals surface area contributed by atoms with Gasteiger partial charge in [-0.25, -0.2) is 0 Å². The van der Waals surface area contributed by atoms with Crippen LogP contribution in [0.5, 0.6) is 0 Å². The number of allylic oxidation sites excluding steroid dienone is 1. The fourth-order valence-electron chi connectivity index (χ4n) is 6.10. The molecule has 1 spiro atoms. The Balaban J connectivity index is 1.46. The number of β-amino-alcohol motifs (C(OH)–C–C–N with tert-alkyl or cyclic N) is 1. The van der Waals surface area contributed by atoms with E-state index < -0.39 is 22.6 Å². The number of ether oxygens (including phenoxy) is 2. The first-order valence-corrected chi connectivity index (χ1v) is 13.6. The summed E-state index contributed by atoms with van der Waals surface area (Å²) in [6, 6.07) is -0.751. The number of aliphatic hydroxyl groups excluding tert-OH is 1. The molecule has 5 rings (SSSR count). The number of hydrogen-bond acceptors (Lipinski definition) is 8. The number of amides is 2. The zero-order valence-electron chi connectivity index (χ0n) is 20.0. The van der Waals surface area contributed by atoms with Gasteiger partial charge in [0.25, 0.3) is 0 Å². The maximum atomic E-state index is 14.0. The molecule has 10 heteroatoms. The Labute approximate surface area is 210 Å². The second kappa shape index (κ2) is 10.6. The third kappa shape index (κ3) is 4.54. The highest BCUT2D eigenvalue weighted by atomic mass is 32.2. The highest BCUT2D eigenvalue weighted by molar-refractivity contribution is 8.02. The largest absolute Gasteiger partial charge is 0.465 e. The van der Waals surface area contributed by atoms with Crippen molar-refractivity contribution in [3.63, 3.8) is 0 Å². The van der Waals surface area contributed by atoms with Gasteiger partial charge in [0.05, 0.1) is 43.0 Å². The van der Waals surface area contributed by atoms with Crippen LogP contribution in [0.3, 0.4) is 0 Å². The Kier molecular flexibility index (Phi) is 7.52. The van der Waals surface area contributed by atoms with Crippen molar-refractivity contribution in [2.75, 3.05) is 65.7 Å². The van der Waals surface area contributed by atoms with E-state index in [1.165, 1.54) is 4.90 Å². The lowest BCUT2D eigenvalue weighted by Crippen LogP contribution is -2.54. The van der Waals surface area contributed by atoms with Crippen molar-refractivity contribution in [3.8, 4) is 0 Å². The SMILES string of the molecule is O=C1OCCCC/C=C\[C@@H]2S[C@]34C=CCN(CCN5CCOCC5)C(=O)C3N(CCO)C(=O)[C@@H]4[C@H]12. The number of thioether (sulfide) groups is 1. The Hall–Kier alpha value is -1.88. The number of cyclic esters (lactones) is 1. The first-order chi connectivity index (χ1) is 17.1. The minimum absolute atomic E-state index is 0.0709. The predicted octanol–water partition coefficient (Wildman–Crippen LogP) is 0.290. The van der Waals surface area contributed by atoms with Crippen molar-refractivity contribution >= 4 is 29.5 Å². The molecule has 5 atom stereocenters. The predicted molar refractivity (Wildman–Crippen MR) is 131 cm³/mol. The van der Waals surface area contributed by atoms with Crippen LogP contribution in [-0.2, 0) is 23.9 Å². The third-order valence-corrected chi connectivity index (χ3v) is 9.56. The van der Waals surface area contributed by atoms with Crippen LogP contribution < -0.4 is 0 Å². The molecule has 9 nitrogen and oxygen atoms in total. The molecule has 0 aromatic heterocycles. The highest BCUT2D eigenvalue weighted by Crippen LogP contribution is 2.60. The molecule has 0 aliphatic carbocycles. The van der Waals surface area contributed by atoms with Crippen molar-refractivity contribution in [3.05, 3.63) is 24.3 Å². The van der Waals surface area contributed by atoms with E-state index in [1.807, 2.05) is 23.1 Å². The number of fused-ring (bicyclic) bond motifs is 2. The van der Waals surface area contributed by atoms with Crippen molar-refractivity contribution in [1.29, 1.82) is 0 Å². The fraction of sp³-hybridized carbons (Fsp3) is 0.720. The van der Waals surface area contributed by atoms with E-state index in [0.29, 0.717) is 32.9 Å². The van der Waals surface area contributed by atoms with Gasteiger partial charge in [-0.1, -0.05) is 24.3 Å². The van der Waals surface area contributed by atoms with Crippen molar-refractivity contribution in [2.24, 2.45) is 11.8 Å². The molecule has 1 N–H and O–H groups in total. The van der Waals surface area contributed by atoms with Crippen LogP contribution in [-0.4, -0.2) is 119 Å². The number of nitrogens with zero attached hydrogens (tertiary/aromatic N) is 3. The maximum absolute atomic E-state index is 14.0. The summed E-state index contributed by atoms with van der Waals surface area (Å²) in [4.78, 5) is 46.7. The normalized spacial score (nSPS) is 36.9. The van der Waals surface area contributed by atoms with Gasteiger partial charge in [0, 0.05) is 44.5 Å². The lowest BCUT2D eigenvalue weighted by molar-refractivity contribution is -0.153. The molecule has 3 saturated heterocycles. The van der Waals surface area contributed by atoms with Crippen LogP contribution in [0.1, 0.15) is 19.3 Å². The monoisotopic (exact) mass is 505 g/mol. The molecule has 0 saturated carbocycles. The second-order valence-corrected chi connectivity index (χ2v) is 11.3. The van der Waals surface area contributed by atoms with Crippen molar-refractivity contribution < 1.29 is 29.0 Å². The highest BCUT2D eigenvalue weighted by Gasteiger charge is 2.70. The first kappa shape index (κ1) is 24.8. The topological polar surface area (TPSA) is 99.6 Å². The molecule has 35 heavy (non-hydrogen) atoms. The Bertz CT molecular complexity index is 890. The van der Waals surface area contributed by atoms with Crippen molar-refractivity contribution in [2.45, 2.75) is 35.3 Å². The van der Waals surface area contributed by atoms with E-state index in [1.54, 1.807) is 11.8 Å². The zero-order chi connectivity index (χ0) is 24.4. The molecule has 0 radical (unpaired) electrons. The van der Waals surface area contributed by atoms with E-state index in [0.717, 1.165) is 38.9 Å². The first-order valence-electron chi connectivity index (χ1n) is 12.8. The molecular formula is C25H35N3O6S. The van der Waals surface area contributed by atoms with E-state index in [-0.39, 0.29) is 36.2 Å². The van der Waals surface area contributed by atoms with Crippen LogP contribution in [0.2, 0.25) is 0 Å². The molecule has 3 fully saturated rings. The summed E-state index contributed by atoms with van der Waals surface area (Å²) in [6.07, 6.45) is 10.8. The fourth-order valence-corrected chi connectivity index (χ4v) is 8.10. The standard InChI is InChI=1S/C25H35N3O6S/c29-14-11-28-21-23(31)27(10-9-26-12-16-33-17-13-26)8-5-7-25(21)20(22(28)30)19-18(35-25)6-3-1-2-4-15-34-24(19)32/h3,5-7,18-21,29H,1-2,4,8-17H2/b6-3-/t18-,19+,20-,21?,25-/m0/s1. The Morgan fingerprint density at radius 3 is 2.66 bits per heavy atom. The minimum Gasteiger partial charge on any atom is -0.465 e. The molecule has 5 aliphatic rings. The average molecular weight is 506 g/mol. The van der Waals surface area contributed by atoms with Gasteiger partial charge in [0.15, 0.2) is 0 Å². The summed E-state index contributed by atoms with van der Waals surface area (Å²) < 4.78 is 10.2. The average Bonchev–Trinajstić information content (AvgIpc) is 3.24. The molecule has 1 unspecified atom stereocenters. The number of hydrogen-bond donors (Lipinski definition) is 1. The van der Waals surface area contributed by atoms with Gasteiger partial charge in [-0.3, -0.25) is 19.3 Å². The van der Waals surface area contributed by atoms with Gasteiger partial charge in [0.2, 0.25) is 11.8 Å². The molecular weight excluding hydrogens is 470 g/mol. The smallest absolute Gasteiger partial charge is 0.311 e. The second-order valence-electron chi connectivity index (χ2n) is 9.83. The molecule has 5 aliphatic heterocycles. The number of morpholine rings is 1. The molecule has 0 aromatic rings. The van der Waals surface area contributed by atoms with Crippen LogP contribution in [0.4, 0.5) is 0 Å². The van der Waals surface area contributed by atoms with Crippen molar-refractivity contribution in [1.82, 2.24) is 14.7 Å². The van der Waals surface area contributed by atoms with E-state index >= 15 is 0 Å². The van der Waals surface area contributed by atoms with Gasteiger partial charge in [-0.15, -0.1) is 11.8 Å². The number of esters is 1. The molecule has 5 heterocycles. The summed E-state index contributed by atoms with van der Waals surface area (Å²) in [5.41, 5.74) is 0. The summed E-state index contributed by atoms with van der Waals surface area (Å²) in [7, 11) is 0. The van der Waals surface area contributed by atoms with Gasteiger partial charge in [-0.05, 0) is 19.3 Å². The van der Waals surface area contributed by atoms with Gasteiger partial charge in [-0.2, -0.15) is 0 Å². The summed E-state index contributed by atoms with van der Waals surface area (Å²) >= 11 is 1.54. The molecule has 0 aromatic carbocycles. The summed E-state index contributed by atoms with van der Waals surface area (Å²) in [5, 5.41) is 9.53. The summed E-state index contributed by atoms with van der Waals surface area (Å²) in [5.74, 6) is -2.04. The van der Waals surface area contributed by atoms with Crippen LogP contribution in [0.25, 0.3) is 0 Å². The number of aliphatic hydroxyl groups is 1. The molecule has 2 amide bonds. The number of carbonyl (C=O) groups is 3. The number of carbonyl (C=O) groups excluding carboxylic acids is 3. The lowest BCUT2D eigenvalue weighted by atomic mass is 9.78. The molecule has 0 bridgehead atoms. The van der Waals surface area contributed by atoms with Gasteiger partial charge in [0.1, 0.15) is 6.04 Å². The van der Waals surface area contributed by atoms with Gasteiger partial charge >= 0.3 is 5.97 Å². The Morgan fingerprint density at radius 1 is 1.03 bits per heavy atom. The lowest BCUT2D eigenvalue weighted by Gasteiger charge is -2.36. The number of rotatable bonds is 5. The minimum atomic E-state index is -0.857.